The van der Waals surface area contributed by atoms with Crippen molar-refractivity contribution in [2.24, 2.45) is 5.73 Å². The number of carbonyl (C=O) groups excluding carboxylic acids is 1. The third kappa shape index (κ3) is 4.26. The van der Waals surface area contributed by atoms with E-state index in [2.05, 4.69) is 16.7 Å². The van der Waals surface area contributed by atoms with E-state index in [1.54, 1.807) is 12.1 Å². The standard InChI is InChI=1S/C30H33N3O4/c31-18-37-23-12-13-32(17-23)29(34)22-14-20-8-4-5-9-24(20)28-27(19-6-2-1-3-7-19)25-11-10-21(30(35)36)15-26(25)33(28)16-22/h4-5,8-11,14-15,19,23H,1-3,6-7,12-13,16-18,31H2,(H,35,36). The second-order valence-corrected chi connectivity index (χ2v) is 10.5. The zero-order valence-corrected chi connectivity index (χ0v) is 21.0. The Kier molecular flexibility index (Phi) is 6.34. The van der Waals surface area contributed by atoms with Crippen LogP contribution in [-0.2, 0) is 16.1 Å². The van der Waals surface area contributed by atoms with E-state index in [1.165, 1.54) is 24.8 Å². The lowest BCUT2D eigenvalue weighted by molar-refractivity contribution is -0.126. The second-order valence-electron chi connectivity index (χ2n) is 10.5. The molecular weight excluding hydrogens is 466 g/mol. The maximum absolute atomic E-state index is 13.8. The Morgan fingerprint density at radius 3 is 2.65 bits per heavy atom. The van der Waals surface area contributed by atoms with Gasteiger partial charge in [0.05, 0.1) is 30.6 Å². The fourth-order valence-electron chi connectivity index (χ4n) is 6.53. The molecule has 0 bridgehead atoms. The van der Waals surface area contributed by atoms with Gasteiger partial charge in [-0.05, 0) is 54.5 Å². The van der Waals surface area contributed by atoms with Gasteiger partial charge in [0.1, 0.15) is 0 Å². The minimum atomic E-state index is -0.944. The van der Waals surface area contributed by atoms with Crippen molar-refractivity contribution >= 4 is 28.9 Å². The number of benzene rings is 2. The van der Waals surface area contributed by atoms with Crippen LogP contribution in [0.15, 0.2) is 48.0 Å². The van der Waals surface area contributed by atoms with Crippen molar-refractivity contribution in [2.75, 3.05) is 19.8 Å². The van der Waals surface area contributed by atoms with E-state index in [1.807, 2.05) is 29.2 Å². The number of hydrogen-bond donors (Lipinski definition) is 2. The summed E-state index contributed by atoms with van der Waals surface area (Å²) in [7, 11) is 0. The van der Waals surface area contributed by atoms with Crippen molar-refractivity contribution in [3.8, 4) is 11.3 Å². The highest BCUT2D eigenvalue weighted by Crippen LogP contribution is 2.46. The van der Waals surface area contributed by atoms with Gasteiger partial charge in [0.15, 0.2) is 0 Å². The maximum Gasteiger partial charge on any atom is 0.335 e. The average Bonchev–Trinajstić information content (AvgIpc) is 3.46. The van der Waals surface area contributed by atoms with Crippen molar-refractivity contribution < 1.29 is 19.4 Å². The van der Waals surface area contributed by atoms with Crippen LogP contribution in [-0.4, -0.2) is 52.4 Å². The van der Waals surface area contributed by atoms with E-state index in [-0.39, 0.29) is 24.3 Å². The summed E-state index contributed by atoms with van der Waals surface area (Å²) in [5.74, 6) is -0.525. The van der Waals surface area contributed by atoms with E-state index in [4.69, 9.17) is 10.5 Å². The van der Waals surface area contributed by atoms with Gasteiger partial charge in [-0.3, -0.25) is 4.79 Å². The number of amides is 1. The van der Waals surface area contributed by atoms with Gasteiger partial charge in [-0.1, -0.05) is 49.6 Å². The summed E-state index contributed by atoms with van der Waals surface area (Å²) in [4.78, 5) is 27.6. The topological polar surface area (TPSA) is 97.8 Å². The molecule has 1 unspecified atom stereocenters. The Hall–Kier alpha value is -3.42. The van der Waals surface area contributed by atoms with Crippen molar-refractivity contribution in [3.05, 3.63) is 64.7 Å². The molecule has 1 aliphatic carbocycles. The van der Waals surface area contributed by atoms with Gasteiger partial charge in [0, 0.05) is 35.1 Å². The summed E-state index contributed by atoms with van der Waals surface area (Å²) in [6, 6.07) is 13.7. The monoisotopic (exact) mass is 499 g/mol. The molecule has 37 heavy (non-hydrogen) atoms. The molecule has 0 radical (unpaired) electrons. The minimum absolute atomic E-state index is 0.00114. The number of aromatic carboxylic acids is 1. The predicted octanol–water partition coefficient (Wildman–Crippen LogP) is 4.98. The Balaban J connectivity index is 1.52. The molecule has 7 nitrogen and oxygen atoms in total. The molecule has 0 spiro atoms. The van der Waals surface area contributed by atoms with E-state index in [0.717, 1.165) is 47.0 Å². The van der Waals surface area contributed by atoms with Gasteiger partial charge in [-0.2, -0.15) is 0 Å². The predicted molar refractivity (Wildman–Crippen MR) is 143 cm³/mol. The van der Waals surface area contributed by atoms with Gasteiger partial charge < -0.3 is 25.0 Å². The summed E-state index contributed by atoms with van der Waals surface area (Å²) < 4.78 is 7.77. The molecule has 1 atom stereocenters. The fourth-order valence-corrected chi connectivity index (χ4v) is 6.53. The Morgan fingerprint density at radius 1 is 1.05 bits per heavy atom. The Morgan fingerprint density at radius 2 is 1.86 bits per heavy atom. The van der Waals surface area contributed by atoms with Crippen LogP contribution in [0.2, 0.25) is 0 Å². The quantitative estimate of drug-likeness (QED) is 0.482. The maximum atomic E-state index is 13.8. The molecule has 3 aromatic rings. The number of carboxylic acid groups (broad SMARTS) is 1. The van der Waals surface area contributed by atoms with E-state index >= 15 is 0 Å². The van der Waals surface area contributed by atoms with Crippen molar-refractivity contribution in [1.82, 2.24) is 9.47 Å². The summed E-state index contributed by atoms with van der Waals surface area (Å²) in [5.41, 5.74) is 12.0. The molecule has 3 N–H and O–H groups in total. The zero-order chi connectivity index (χ0) is 25.5. The van der Waals surface area contributed by atoms with E-state index in [0.29, 0.717) is 31.1 Å². The number of rotatable bonds is 5. The number of aromatic nitrogens is 1. The van der Waals surface area contributed by atoms with Gasteiger partial charge in [-0.15, -0.1) is 0 Å². The highest BCUT2D eigenvalue weighted by Gasteiger charge is 2.33. The van der Waals surface area contributed by atoms with Gasteiger partial charge in [-0.25, -0.2) is 4.79 Å². The molecule has 192 valence electrons. The first-order valence-electron chi connectivity index (χ1n) is 13.4. The van der Waals surface area contributed by atoms with Crippen LogP contribution in [0.25, 0.3) is 28.2 Å². The number of carbonyl (C=O) groups is 2. The largest absolute Gasteiger partial charge is 0.478 e. The smallest absolute Gasteiger partial charge is 0.335 e. The summed E-state index contributed by atoms with van der Waals surface area (Å²) in [6.07, 6.45) is 8.69. The number of ether oxygens (including phenoxy) is 1. The highest BCUT2D eigenvalue weighted by molar-refractivity contribution is 6.03. The molecule has 6 rings (SSSR count). The van der Waals surface area contributed by atoms with Gasteiger partial charge >= 0.3 is 5.97 Å². The first-order chi connectivity index (χ1) is 18.0. The average molecular weight is 500 g/mol. The molecule has 2 aliphatic heterocycles. The van der Waals surface area contributed by atoms with E-state index < -0.39 is 5.97 Å². The summed E-state index contributed by atoms with van der Waals surface area (Å²) in [5, 5.41) is 10.9. The summed E-state index contributed by atoms with van der Waals surface area (Å²) >= 11 is 0. The van der Waals surface area contributed by atoms with Crippen LogP contribution in [0.4, 0.5) is 0 Å². The molecule has 1 amide bonds. The number of fused-ring (bicyclic) bond motifs is 5. The molecule has 1 aromatic heterocycles. The first kappa shape index (κ1) is 23.9. The first-order valence-corrected chi connectivity index (χ1v) is 13.4. The molecule has 2 aromatic carbocycles. The van der Waals surface area contributed by atoms with Gasteiger partial charge in [0.2, 0.25) is 0 Å². The molecule has 1 saturated heterocycles. The van der Waals surface area contributed by atoms with Crippen molar-refractivity contribution in [1.29, 1.82) is 0 Å². The van der Waals surface area contributed by atoms with Gasteiger partial charge in [0.25, 0.3) is 5.91 Å². The molecule has 1 saturated carbocycles. The summed E-state index contributed by atoms with van der Waals surface area (Å²) in [6.45, 7) is 1.72. The van der Waals surface area contributed by atoms with Crippen LogP contribution in [0, 0.1) is 0 Å². The van der Waals surface area contributed by atoms with Crippen molar-refractivity contribution in [2.45, 2.75) is 57.1 Å². The Bertz CT molecular complexity index is 1400. The Labute approximate surface area is 216 Å². The fraction of sp³-hybridized carbons (Fsp3) is 0.400. The molecule has 3 heterocycles. The number of nitrogens with two attached hydrogens (primary N) is 1. The molecule has 7 heteroatoms. The lowest BCUT2D eigenvalue weighted by Gasteiger charge is -2.24. The van der Waals surface area contributed by atoms with Crippen LogP contribution in [0.1, 0.15) is 65.9 Å². The third-order valence-corrected chi connectivity index (χ3v) is 8.28. The van der Waals surface area contributed by atoms with E-state index in [9.17, 15) is 14.7 Å². The lowest BCUT2D eigenvalue weighted by atomic mass is 9.81. The molecule has 2 fully saturated rings. The number of hydrogen-bond acceptors (Lipinski definition) is 4. The molecular formula is C30H33N3O4. The lowest BCUT2D eigenvalue weighted by Crippen LogP contribution is -2.32. The number of carboxylic acids is 1. The minimum Gasteiger partial charge on any atom is -0.478 e. The van der Waals surface area contributed by atoms with Crippen LogP contribution in [0.5, 0.6) is 0 Å². The van der Waals surface area contributed by atoms with Crippen LogP contribution >= 0.6 is 0 Å². The zero-order valence-electron chi connectivity index (χ0n) is 21.0. The second kappa shape index (κ2) is 9.80. The third-order valence-electron chi connectivity index (χ3n) is 8.28. The van der Waals surface area contributed by atoms with Crippen LogP contribution < -0.4 is 5.73 Å². The van der Waals surface area contributed by atoms with Crippen molar-refractivity contribution in [3.63, 3.8) is 0 Å². The normalized spacial score (nSPS) is 19.9. The highest BCUT2D eigenvalue weighted by atomic mass is 16.5. The number of likely N-dealkylation sites (tertiary alicyclic amines) is 1. The van der Waals surface area contributed by atoms with Crippen LogP contribution in [0.3, 0.4) is 0 Å². The molecule has 3 aliphatic rings. The SMILES string of the molecule is NCOC1CCN(C(=O)C2=Cc3ccccc3-c3c(C4CCCCC4)c4ccc(C(=O)O)cc4n3C2)C1. The number of nitrogens with zero attached hydrogens (tertiary/aromatic N) is 2.